The highest BCUT2D eigenvalue weighted by atomic mass is 35.5. The summed E-state index contributed by atoms with van der Waals surface area (Å²) in [6.45, 7) is 2.89. The van der Waals surface area contributed by atoms with Gasteiger partial charge in [0.25, 0.3) is 0 Å². The van der Waals surface area contributed by atoms with E-state index in [-0.39, 0.29) is 0 Å². The molecule has 0 unspecified atom stereocenters. The van der Waals surface area contributed by atoms with E-state index in [1.807, 2.05) is 12.1 Å². The van der Waals surface area contributed by atoms with Gasteiger partial charge in [0.15, 0.2) is 6.29 Å². The lowest BCUT2D eigenvalue weighted by Crippen LogP contribution is -1.96. The van der Waals surface area contributed by atoms with Crippen LogP contribution in [0.5, 0.6) is 0 Å². The quantitative estimate of drug-likeness (QED) is 0.783. The van der Waals surface area contributed by atoms with Gasteiger partial charge in [-0.3, -0.25) is 9.48 Å². The molecule has 0 spiro atoms. The van der Waals surface area contributed by atoms with Crippen LogP contribution in [0.25, 0.3) is 10.6 Å². The van der Waals surface area contributed by atoms with Crippen LogP contribution in [0.2, 0.25) is 4.34 Å². The molecule has 0 atom stereocenters. The molecule has 0 aliphatic rings. The Kier molecular flexibility index (Phi) is 3.41. The highest BCUT2D eigenvalue weighted by molar-refractivity contribution is 7.19. The Morgan fingerprint density at radius 2 is 2.38 bits per heavy atom. The summed E-state index contributed by atoms with van der Waals surface area (Å²) in [5.41, 5.74) is 1.34. The molecule has 0 saturated heterocycles. The lowest BCUT2D eigenvalue weighted by atomic mass is 10.2. The Balaban J connectivity index is 2.42. The molecule has 2 aromatic heterocycles. The van der Waals surface area contributed by atoms with Crippen LogP contribution in [0, 0.1) is 0 Å². The Labute approximate surface area is 103 Å². The van der Waals surface area contributed by atoms with Crippen molar-refractivity contribution in [2.75, 3.05) is 0 Å². The van der Waals surface area contributed by atoms with Crippen LogP contribution in [0.3, 0.4) is 0 Å². The number of aromatic nitrogens is 2. The lowest BCUT2D eigenvalue weighted by molar-refractivity contribution is 0.112. The van der Waals surface area contributed by atoms with Gasteiger partial charge in [0.2, 0.25) is 0 Å². The minimum absolute atomic E-state index is 0.618. The SMILES string of the molecule is CCCn1cc(C=O)c(-c2ccc(Cl)s2)n1. The first-order valence-corrected chi connectivity index (χ1v) is 6.22. The molecule has 0 aliphatic heterocycles. The van der Waals surface area contributed by atoms with E-state index in [1.54, 1.807) is 10.9 Å². The third-order valence-corrected chi connectivity index (χ3v) is 3.41. The number of thiophene rings is 1. The van der Waals surface area contributed by atoms with E-state index in [2.05, 4.69) is 12.0 Å². The highest BCUT2D eigenvalue weighted by Gasteiger charge is 2.12. The average Bonchev–Trinajstić information content (AvgIpc) is 2.84. The maximum atomic E-state index is 10.9. The van der Waals surface area contributed by atoms with Crippen molar-refractivity contribution in [1.82, 2.24) is 9.78 Å². The zero-order valence-corrected chi connectivity index (χ0v) is 10.4. The highest BCUT2D eigenvalue weighted by Crippen LogP contribution is 2.31. The Hall–Kier alpha value is -1.13. The molecule has 2 aromatic rings. The summed E-state index contributed by atoms with van der Waals surface area (Å²) in [6.07, 6.45) is 3.60. The molecule has 0 saturated carbocycles. The van der Waals surface area contributed by atoms with Crippen molar-refractivity contribution in [3.8, 4) is 10.6 Å². The zero-order valence-electron chi connectivity index (χ0n) is 8.81. The van der Waals surface area contributed by atoms with E-state index in [0.29, 0.717) is 9.90 Å². The van der Waals surface area contributed by atoms with Gasteiger partial charge in [-0.25, -0.2) is 0 Å². The number of aldehydes is 1. The monoisotopic (exact) mass is 254 g/mol. The Morgan fingerprint density at radius 3 is 2.94 bits per heavy atom. The van der Waals surface area contributed by atoms with Crippen LogP contribution in [0.1, 0.15) is 23.7 Å². The van der Waals surface area contributed by atoms with Gasteiger partial charge in [0.1, 0.15) is 5.69 Å². The largest absolute Gasteiger partial charge is 0.298 e. The van der Waals surface area contributed by atoms with Gasteiger partial charge >= 0.3 is 0 Å². The van der Waals surface area contributed by atoms with Crippen molar-refractivity contribution in [3.05, 3.63) is 28.2 Å². The molecular formula is C11H11ClN2OS. The molecule has 3 nitrogen and oxygen atoms in total. The van der Waals surface area contributed by atoms with Gasteiger partial charge in [0.05, 0.1) is 14.8 Å². The number of hydrogen-bond acceptors (Lipinski definition) is 3. The van der Waals surface area contributed by atoms with E-state index in [4.69, 9.17) is 11.6 Å². The lowest BCUT2D eigenvalue weighted by Gasteiger charge is -1.95. The molecule has 0 aliphatic carbocycles. The smallest absolute Gasteiger partial charge is 0.153 e. The number of rotatable bonds is 4. The predicted octanol–water partition coefficient (Wildman–Crippen LogP) is 3.49. The van der Waals surface area contributed by atoms with Gasteiger partial charge in [-0.1, -0.05) is 18.5 Å². The Bertz CT molecular complexity index is 504. The third-order valence-electron chi connectivity index (χ3n) is 2.18. The molecular weight excluding hydrogens is 244 g/mol. The molecule has 0 aromatic carbocycles. The van der Waals surface area contributed by atoms with E-state index in [1.165, 1.54) is 11.3 Å². The molecule has 0 radical (unpaired) electrons. The average molecular weight is 255 g/mol. The summed E-state index contributed by atoms with van der Waals surface area (Å²) < 4.78 is 2.50. The minimum Gasteiger partial charge on any atom is -0.298 e. The summed E-state index contributed by atoms with van der Waals surface area (Å²) in [4.78, 5) is 11.9. The van der Waals surface area contributed by atoms with Crippen LogP contribution in [0.4, 0.5) is 0 Å². The van der Waals surface area contributed by atoms with E-state index < -0.39 is 0 Å². The second kappa shape index (κ2) is 4.80. The first kappa shape index (κ1) is 11.4. The van der Waals surface area contributed by atoms with Crippen molar-refractivity contribution in [2.24, 2.45) is 0 Å². The van der Waals surface area contributed by atoms with Crippen molar-refractivity contribution >= 4 is 29.2 Å². The molecule has 16 heavy (non-hydrogen) atoms. The van der Waals surface area contributed by atoms with Gasteiger partial charge in [0, 0.05) is 12.7 Å². The molecule has 0 N–H and O–H groups in total. The normalized spacial score (nSPS) is 10.6. The van der Waals surface area contributed by atoms with Gasteiger partial charge in [-0.15, -0.1) is 11.3 Å². The van der Waals surface area contributed by atoms with Gasteiger partial charge in [-0.05, 0) is 18.6 Å². The topological polar surface area (TPSA) is 34.9 Å². The maximum Gasteiger partial charge on any atom is 0.153 e. The van der Waals surface area contributed by atoms with Crippen molar-refractivity contribution < 1.29 is 4.79 Å². The number of nitrogens with zero attached hydrogens (tertiary/aromatic N) is 2. The van der Waals surface area contributed by atoms with Gasteiger partial charge in [-0.2, -0.15) is 5.10 Å². The van der Waals surface area contributed by atoms with Crippen molar-refractivity contribution in [3.63, 3.8) is 0 Å². The fraction of sp³-hybridized carbons (Fsp3) is 0.273. The Morgan fingerprint density at radius 1 is 1.56 bits per heavy atom. The summed E-state index contributed by atoms with van der Waals surface area (Å²) in [7, 11) is 0. The summed E-state index contributed by atoms with van der Waals surface area (Å²) in [5, 5.41) is 4.39. The van der Waals surface area contributed by atoms with Crippen LogP contribution in [-0.4, -0.2) is 16.1 Å². The fourth-order valence-corrected chi connectivity index (χ4v) is 2.55. The summed E-state index contributed by atoms with van der Waals surface area (Å²) in [6, 6.07) is 3.70. The number of hydrogen-bond donors (Lipinski definition) is 0. The molecule has 0 amide bonds. The minimum atomic E-state index is 0.618. The molecule has 0 bridgehead atoms. The van der Waals surface area contributed by atoms with Crippen molar-refractivity contribution in [1.29, 1.82) is 0 Å². The van der Waals surface area contributed by atoms with Crippen LogP contribution in [0.15, 0.2) is 18.3 Å². The van der Waals surface area contributed by atoms with Crippen molar-refractivity contribution in [2.45, 2.75) is 19.9 Å². The number of aryl methyl sites for hydroxylation is 1. The molecule has 5 heteroatoms. The number of carbonyl (C=O) groups is 1. The maximum absolute atomic E-state index is 10.9. The molecule has 2 heterocycles. The van der Waals surface area contributed by atoms with Crippen LogP contribution in [-0.2, 0) is 6.54 Å². The third kappa shape index (κ3) is 2.18. The summed E-state index contributed by atoms with van der Waals surface area (Å²) in [5.74, 6) is 0. The van der Waals surface area contributed by atoms with Crippen LogP contribution < -0.4 is 0 Å². The second-order valence-electron chi connectivity index (χ2n) is 3.42. The number of halogens is 1. The number of carbonyl (C=O) groups excluding carboxylic acids is 1. The van der Waals surface area contributed by atoms with E-state index in [9.17, 15) is 4.79 Å². The molecule has 0 fully saturated rings. The first-order valence-electron chi connectivity index (χ1n) is 5.03. The fourth-order valence-electron chi connectivity index (χ4n) is 1.50. The van der Waals surface area contributed by atoms with E-state index >= 15 is 0 Å². The standard InChI is InChI=1S/C11H11ClN2OS/c1-2-5-14-6-8(7-15)11(13-14)9-3-4-10(12)16-9/h3-4,6-7H,2,5H2,1H3. The first-order chi connectivity index (χ1) is 7.74. The van der Waals surface area contributed by atoms with Gasteiger partial charge < -0.3 is 0 Å². The van der Waals surface area contributed by atoms with E-state index in [0.717, 1.165) is 29.8 Å². The molecule has 84 valence electrons. The second-order valence-corrected chi connectivity index (χ2v) is 5.13. The molecule has 2 rings (SSSR count). The van der Waals surface area contributed by atoms with Crippen LogP contribution >= 0.6 is 22.9 Å². The predicted molar refractivity (Wildman–Crippen MR) is 66.2 cm³/mol. The summed E-state index contributed by atoms with van der Waals surface area (Å²) >= 11 is 7.30. The zero-order chi connectivity index (χ0) is 11.5.